The molecule has 0 amide bonds. The number of nitrogens with one attached hydrogen (secondary N) is 1. The normalized spacial score (nSPS) is 12.1. The van der Waals surface area contributed by atoms with Gasteiger partial charge in [-0.2, -0.15) is 0 Å². The van der Waals surface area contributed by atoms with Gasteiger partial charge in [-0.25, -0.2) is 4.39 Å². The van der Waals surface area contributed by atoms with Gasteiger partial charge in [0.1, 0.15) is 17.6 Å². The maximum atomic E-state index is 12.6. The summed E-state index contributed by atoms with van der Waals surface area (Å²) in [4.78, 5) is 10.6. The predicted octanol–water partition coefficient (Wildman–Crippen LogP) is 1.27. The van der Waals surface area contributed by atoms with Gasteiger partial charge in [0.2, 0.25) is 0 Å². The number of likely N-dealkylation sites (N-methyl/N-ethyl adjacent to an activating group) is 1. The van der Waals surface area contributed by atoms with E-state index in [0.29, 0.717) is 12.2 Å². The fourth-order valence-corrected chi connectivity index (χ4v) is 1.22. The maximum absolute atomic E-state index is 12.6. The Morgan fingerprint density at radius 3 is 2.62 bits per heavy atom. The lowest BCUT2D eigenvalue weighted by atomic mass is 10.2. The fourth-order valence-electron chi connectivity index (χ4n) is 1.22. The molecule has 5 heteroatoms. The van der Waals surface area contributed by atoms with Crippen molar-refractivity contribution in [1.29, 1.82) is 0 Å². The monoisotopic (exact) mass is 227 g/mol. The predicted molar refractivity (Wildman–Crippen MR) is 57.0 cm³/mol. The summed E-state index contributed by atoms with van der Waals surface area (Å²) in [6.07, 6.45) is 0.350. The first-order valence-corrected chi connectivity index (χ1v) is 4.92. The van der Waals surface area contributed by atoms with Crippen molar-refractivity contribution in [2.24, 2.45) is 0 Å². The number of rotatable bonds is 6. The molecule has 1 rings (SSSR count). The van der Waals surface area contributed by atoms with Crippen molar-refractivity contribution >= 4 is 5.97 Å². The van der Waals surface area contributed by atoms with Crippen molar-refractivity contribution in [1.82, 2.24) is 5.32 Å². The first-order chi connectivity index (χ1) is 7.63. The molecule has 0 bridgehead atoms. The number of carboxylic acids is 1. The van der Waals surface area contributed by atoms with E-state index < -0.39 is 12.0 Å². The molecule has 1 aromatic rings. The Morgan fingerprint density at radius 1 is 1.50 bits per heavy atom. The second-order valence-corrected chi connectivity index (χ2v) is 3.27. The molecule has 88 valence electrons. The summed E-state index contributed by atoms with van der Waals surface area (Å²) in [7, 11) is 1.58. The van der Waals surface area contributed by atoms with E-state index in [9.17, 15) is 9.18 Å². The zero-order valence-electron chi connectivity index (χ0n) is 8.94. The second kappa shape index (κ2) is 6.07. The smallest absolute Gasteiger partial charge is 0.320 e. The van der Waals surface area contributed by atoms with Crippen molar-refractivity contribution in [3.63, 3.8) is 0 Å². The lowest BCUT2D eigenvalue weighted by Crippen LogP contribution is -2.35. The van der Waals surface area contributed by atoms with E-state index in [0.717, 1.165) is 0 Å². The van der Waals surface area contributed by atoms with Crippen molar-refractivity contribution in [3.05, 3.63) is 30.1 Å². The van der Waals surface area contributed by atoms with E-state index in [1.807, 2.05) is 0 Å². The molecule has 0 radical (unpaired) electrons. The van der Waals surface area contributed by atoms with Crippen LogP contribution in [0.2, 0.25) is 0 Å². The maximum Gasteiger partial charge on any atom is 0.320 e. The number of hydrogen-bond acceptors (Lipinski definition) is 3. The van der Waals surface area contributed by atoms with E-state index in [1.54, 1.807) is 7.05 Å². The van der Waals surface area contributed by atoms with Crippen molar-refractivity contribution in [3.8, 4) is 5.75 Å². The Labute approximate surface area is 93.0 Å². The molecule has 0 aliphatic carbocycles. The third-order valence-electron chi connectivity index (χ3n) is 2.14. The summed E-state index contributed by atoms with van der Waals surface area (Å²) < 4.78 is 17.8. The number of hydrogen-bond donors (Lipinski definition) is 2. The third kappa shape index (κ3) is 3.86. The van der Waals surface area contributed by atoms with Gasteiger partial charge in [-0.1, -0.05) is 0 Å². The molecule has 0 aliphatic heterocycles. The molecule has 1 atom stereocenters. The van der Waals surface area contributed by atoms with Crippen LogP contribution in [0.3, 0.4) is 0 Å². The number of ether oxygens (including phenoxy) is 1. The average Bonchev–Trinajstić information content (AvgIpc) is 2.26. The summed E-state index contributed by atoms with van der Waals surface area (Å²) in [5.41, 5.74) is 0. The molecule has 0 spiro atoms. The van der Waals surface area contributed by atoms with Crippen LogP contribution < -0.4 is 10.1 Å². The highest BCUT2D eigenvalue weighted by Crippen LogP contribution is 2.11. The number of halogens is 1. The molecule has 0 aliphatic rings. The summed E-state index contributed by atoms with van der Waals surface area (Å²) in [5, 5.41) is 11.4. The molecule has 1 unspecified atom stereocenters. The highest BCUT2D eigenvalue weighted by Gasteiger charge is 2.14. The molecule has 0 heterocycles. The molecule has 0 saturated heterocycles. The number of carboxylic acid groups (broad SMARTS) is 1. The molecule has 1 aromatic carbocycles. The number of carbonyl (C=O) groups is 1. The molecular weight excluding hydrogens is 213 g/mol. The van der Waals surface area contributed by atoms with E-state index in [-0.39, 0.29) is 12.4 Å². The van der Waals surface area contributed by atoms with E-state index in [1.165, 1.54) is 24.3 Å². The van der Waals surface area contributed by atoms with Gasteiger partial charge < -0.3 is 15.2 Å². The average molecular weight is 227 g/mol. The van der Waals surface area contributed by atoms with Crippen LogP contribution in [0.4, 0.5) is 4.39 Å². The zero-order valence-corrected chi connectivity index (χ0v) is 8.94. The van der Waals surface area contributed by atoms with Crippen molar-refractivity contribution in [2.75, 3.05) is 13.7 Å². The van der Waals surface area contributed by atoms with E-state index >= 15 is 0 Å². The minimum Gasteiger partial charge on any atom is -0.494 e. The van der Waals surface area contributed by atoms with Gasteiger partial charge >= 0.3 is 5.97 Å². The van der Waals surface area contributed by atoms with Gasteiger partial charge in [-0.05, 0) is 31.3 Å². The third-order valence-corrected chi connectivity index (χ3v) is 2.14. The highest BCUT2D eigenvalue weighted by atomic mass is 19.1. The molecule has 16 heavy (non-hydrogen) atoms. The Bertz CT molecular complexity index is 340. The summed E-state index contributed by atoms with van der Waals surface area (Å²) in [6.45, 7) is 0.267. The van der Waals surface area contributed by atoms with Crippen LogP contribution in [0, 0.1) is 5.82 Å². The fraction of sp³-hybridized carbons (Fsp3) is 0.364. The van der Waals surface area contributed by atoms with Crippen LogP contribution in [0.1, 0.15) is 6.42 Å². The summed E-state index contributed by atoms with van der Waals surface area (Å²) in [6, 6.07) is 4.97. The topological polar surface area (TPSA) is 58.6 Å². The Morgan fingerprint density at radius 2 is 2.12 bits per heavy atom. The first-order valence-electron chi connectivity index (χ1n) is 4.92. The highest BCUT2D eigenvalue weighted by molar-refractivity contribution is 5.73. The largest absolute Gasteiger partial charge is 0.494 e. The standard InChI is InChI=1S/C11H14FNO3/c1-13-10(11(14)15)6-7-16-9-4-2-8(12)3-5-9/h2-5,10,13H,6-7H2,1H3,(H,14,15). The SMILES string of the molecule is CNC(CCOc1ccc(F)cc1)C(=O)O. The zero-order chi connectivity index (χ0) is 12.0. The molecule has 0 saturated carbocycles. The minimum absolute atomic E-state index is 0.267. The van der Waals surface area contributed by atoms with Crippen LogP contribution in [-0.4, -0.2) is 30.8 Å². The number of aliphatic carboxylic acids is 1. The molecule has 2 N–H and O–H groups in total. The van der Waals surface area contributed by atoms with Crippen LogP contribution in [-0.2, 0) is 4.79 Å². The van der Waals surface area contributed by atoms with E-state index in [2.05, 4.69) is 5.32 Å². The van der Waals surface area contributed by atoms with Gasteiger partial charge in [0.15, 0.2) is 0 Å². The van der Waals surface area contributed by atoms with E-state index in [4.69, 9.17) is 9.84 Å². The summed E-state index contributed by atoms with van der Waals surface area (Å²) >= 11 is 0. The van der Waals surface area contributed by atoms with Crippen LogP contribution >= 0.6 is 0 Å². The van der Waals surface area contributed by atoms with Crippen molar-refractivity contribution in [2.45, 2.75) is 12.5 Å². The van der Waals surface area contributed by atoms with Gasteiger partial charge in [0, 0.05) is 6.42 Å². The lowest BCUT2D eigenvalue weighted by Gasteiger charge is -2.11. The quantitative estimate of drug-likeness (QED) is 0.768. The van der Waals surface area contributed by atoms with Crippen LogP contribution in [0.25, 0.3) is 0 Å². The van der Waals surface area contributed by atoms with Crippen molar-refractivity contribution < 1.29 is 19.0 Å². The lowest BCUT2D eigenvalue weighted by molar-refractivity contribution is -0.139. The van der Waals surface area contributed by atoms with Gasteiger partial charge in [-0.15, -0.1) is 0 Å². The minimum atomic E-state index is -0.912. The Balaban J connectivity index is 2.35. The molecule has 0 aromatic heterocycles. The van der Waals surface area contributed by atoms with Crippen LogP contribution in [0.5, 0.6) is 5.75 Å². The molecule has 4 nitrogen and oxygen atoms in total. The molecule has 0 fully saturated rings. The second-order valence-electron chi connectivity index (χ2n) is 3.27. The first kappa shape index (κ1) is 12.4. The Hall–Kier alpha value is -1.62. The number of benzene rings is 1. The molecular formula is C11H14FNO3. The Kier molecular flexibility index (Phi) is 4.72. The van der Waals surface area contributed by atoms with Gasteiger partial charge in [0.25, 0.3) is 0 Å². The van der Waals surface area contributed by atoms with Gasteiger partial charge in [-0.3, -0.25) is 4.79 Å². The summed E-state index contributed by atoms with van der Waals surface area (Å²) in [5.74, 6) is -0.710. The van der Waals surface area contributed by atoms with Gasteiger partial charge in [0.05, 0.1) is 6.61 Å². The van der Waals surface area contributed by atoms with Crippen LogP contribution in [0.15, 0.2) is 24.3 Å².